The van der Waals surface area contributed by atoms with Crippen LogP contribution in [-0.4, -0.2) is 0 Å². The van der Waals surface area contributed by atoms with Crippen LogP contribution in [0.1, 0.15) is 67.7 Å². The van der Waals surface area contributed by atoms with Crippen molar-refractivity contribution >= 4 is 0 Å². The summed E-state index contributed by atoms with van der Waals surface area (Å²) in [6.45, 7) is 16.6. The Labute approximate surface area is 91.5 Å². The van der Waals surface area contributed by atoms with Gasteiger partial charge >= 0.3 is 0 Å². The number of hydrogen-bond donors (Lipinski definition) is 0. The quantitative estimate of drug-likeness (QED) is 0.574. The van der Waals surface area contributed by atoms with E-state index in [2.05, 4.69) is 48.5 Å². The molecule has 0 nitrogen and oxygen atoms in total. The smallest absolute Gasteiger partial charge is 0.0354 e. The lowest BCUT2D eigenvalue weighted by atomic mass is 9.72. The first-order chi connectivity index (χ1) is 6.29. The zero-order valence-corrected chi connectivity index (χ0v) is 11.4. The van der Waals surface area contributed by atoms with Gasteiger partial charge < -0.3 is 0 Å². The third-order valence-electron chi connectivity index (χ3n) is 3.78. The van der Waals surface area contributed by atoms with Crippen LogP contribution in [0.25, 0.3) is 0 Å². The first-order valence-electron chi connectivity index (χ1n) is 6.29. The SMILES string of the molecule is CCCC(C)CC(C)C(C)C(C)(C)C. The van der Waals surface area contributed by atoms with Crippen LogP contribution in [0.5, 0.6) is 0 Å². The lowest BCUT2D eigenvalue weighted by Crippen LogP contribution is -2.25. The van der Waals surface area contributed by atoms with E-state index < -0.39 is 0 Å². The van der Waals surface area contributed by atoms with Gasteiger partial charge in [0.1, 0.15) is 0 Å². The topological polar surface area (TPSA) is 0 Å². The molecule has 0 rings (SSSR count). The fraction of sp³-hybridized carbons (Fsp3) is 1.00. The van der Waals surface area contributed by atoms with E-state index in [0.29, 0.717) is 5.41 Å². The monoisotopic (exact) mass is 198 g/mol. The molecule has 14 heavy (non-hydrogen) atoms. The predicted octanol–water partition coefficient (Wildman–Crippen LogP) is 5.13. The van der Waals surface area contributed by atoms with Gasteiger partial charge in [-0.1, -0.05) is 61.3 Å². The van der Waals surface area contributed by atoms with E-state index in [1.54, 1.807) is 0 Å². The second kappa shape index (κ2) is 5.78. The van der Waals surface area contributed by atoms with Crippen molar-refractivity contribution in [1.29, 1.82) is 0 Å². The molecular formula is C14H30. The molecule has 0 radical (unpaired) electrons. The minimum atomic E-state index is 0.464. The standard InChI is InChI=1S/C14H30/c1-8-9-11(2)10-12(3)13(4)14(5,6)7/h11-13H,8-10H2,1-7H3. The molecule has 0 aliphatic heterocycles. The Morgan fingerprint density at radius 3 is 1.86 bits per heavy atom. The first-order valence-corrected chi connectivity index (χ1v) is 6.29. The van der Waals surface area contributed by atoms with Crippen molar-refractivity contribution in [3.05, 3.63) is 0 Å². The summed E-state index contributed by atoms with van der Waals surface area (Å²) in [5.74, 6) is 2.58. The molecule has 3 unspecified atom stereocenters. The molecular weight excluding hydrogens is 168 g/mol. The largest absolute Gasteiger partial charge is 0.0654 e. The summed E-state index contributed by atoms with van der Waals surface area (Å²) < 4.78 is 0. The average Bonchev–Trinajstić information content (AvgIpc) is 2.01. The van der Waals surface area contributed by atoms with Crippen LogP contribution >= 0.6 is 0 Å². The molecule has 0 bridgehead atoms. The molecule has 0 aromatic rings. The summed E-state index contributed by atoms with van der Waals surface area (Å²) in [4.78, 5) is 0. The highest BCUT2D eigenvalue weighted by Crippen LogP contribution is 2.35. The van der Waals surface area contributed by atoms with Crippen molar-refractivity contribution in [2.45, 2.75) is 67.7 Å². The molecule has 0 spiro atoms. The molecule has 0 saturated heterocycles. The molecule has 0 aliphatic carbocycles. The molecule has 0 aromatic carbocycles. The molecule has 0 heterocycles. The summed E-state index contributed by atoms with van der Waals surface area (Å²) in [5, 5.41) is 0. The van der Waals surface area contributed by atoms with E-state index in [1.165, 1.54) is 19.3 Å². The van der Waals surface area contributed by atoms with Crippen LogP contribution in [0, 0.1) is 23.2 Å². The highest BCUT2D eigenvalue weighted by Gasteiger charge is 2.25. The third kappa shape index (κ3) is 5.02. The van der Waals surface area contributed by atoms with E-state index in [4.69, 9.17) is 0 Å². The Morgan fingerprint density at radius 2 is 1.50 bits per heavy atom. The second-order valence-electron chi connectivity index (χ2n) is 6.26. The molecule has 0 amide bonds. The Morgan fingerprint density at radius 1 is 1.00 bits per heavy atom. The van der Waals surface area contributed by atoms with Crippen LogP contribution in [-0.2, 0) is 0 Å². The Kier molecular flexibility index (Phi) is 5.78. The van der Waals surface area contributed by atoms with E-state index >= 15 is 0 Å². The maximum Gasteiger partial charge on any atom is -0.0354 e. The maximum absolute atomic E-state index is 2.42. The van der Waals surface area contributed by atoms with Gasteiger partial charge in [-0.3, -0.25) is 0 Å². The van der Waals surface area contributed by atoms with Crippen LogP contribution < -0.4 is 0 Å². The zero-order valence-electron chi connectivity index (χ0n) is 11.4. The maximum atomic E-state index is 2.42. The van der Waals surface area contributed by atoms with Gasteiger partial charge in [0.05, 0.1) is 0 Å². The molecule has 0 aliphatic rings. The Hall–Kier alpha value is 0. The summed E-state index contributed by atoms with van der Waals surface area (Å²) in [5.41, 5.74) is 0.464. The van der Waals surface area contributed by atoms with Gasteiger partial charge in [-0.2, -0.15) is 0 Å². The van der Waals surface area contributed by atoms with Gasteiger partial charge in [0.15, 0.2) is 0 Å². The predicted molar refractivity (Wildman–Crippen MR) is 66.5 cm³/mol. The average molecular weight is 198 g/mol. The van der Waals surface area contributed by atoms with Crippen molar-refractivity contribution in [3.8, 4) is 0 Å². The fourth-order valence-corrected chi connectivity index (χ4v) is 2.30. The molecule has 0 aromatic heterocycles. The number of hydrogen-bond acceptors (Lipinski definition) is 0. The minimum Gasteiger partial charge on any atom is -0.0654 e. The third-order valence-corrected chi connectivity index (χ3v) is 3.78. The summed E-state index contributed by atoms with van der Waals surface area (Å²) in [6.07, 6.45) is 4.12. The van der Waals surface area contributed by atoms with Crippen molar-refractivity contribution in [2.24, 2.45) is 23.2 Å². The lowest BCUT2D eigenvalue weighted by Gasteiger charge is -2.33. The van der Waals surface area contributed by atoms with Crippen molar-refractivity contribution in [1.82, 2.24) is 0 Å². The molecule has 0 heteroatoms. The molecule has 0 N–H and O–H groups in total. The van der Waals surface area contributed by atoms with Gasteiger partial charge in [0.25, 0.3) is 0 Å². The highest BCUT2D eigenvalue weighted by atomic mass is 14.3. The normalized spacial score (nSPS) is 19.1. The molecule has 0 saturated carbocycles. The van der Waals surface area contributed by atoms with Crippen LogP contribution in [0.4, 0.5) is 0 Å². The Balaban J connectivity index is 4.01. The first kappa shape index (κ1) is 14.0. The van der Waals surface area contributed by atoms with E-state index in [-0.39, 0.29) is 0 Å². The van der Waals surface area contributed by atoms with Crippen molar-refractivity contribution in [2.75, 3.05) is 0 Å². The lowest BCUT2D eigenvalue weighted by molar-refractivity contribution is 0.164. The van der Waals surface area contributed by atoms with Crippen LogP contribution in [0.3, 0.4) is 0 Å². The summed E-state index contributed by atoms with van der Waals surface area (Å²) in [6, 6.07) is 0. The van der Waals surface area contributed by atoms with Crippen molar-refractivity contribution < 1.29 is 0 Å². The van der Waals surface area contributed by atoms with Gasteiger partial charge in [-0.15, -0.1) is 0 Å². The number of rotatable bonds is 5. The summed E-state index contributed by atoms with van der Waals surface area (Å²) in [7, 11) is 0. The van der Waals surface area contributed by atoms with Crippen LogP contribution in [0.15, 0.2) is 0 Å². The van der Waals surface area contributed by atoms with Crippen molar-refractivity contribution in [3.63, 3.8) is 0 Å². The molecule has 3 atom stereocenters. The van der Waals surface area contributed by atoms with Gasteiger partial charge in [-0.05, 0) is 29.6 Å². The second-order valence-corrected chi connectivity index (χ2v) is 6.26. The zero-order chi connectivity index (χ0) is 11.4. The van der Waals surface area contributed by atoms with Gasteiger partial charge in [0, 0.05) is 0 Å². The Bertz CT molecular complexity index is 141. The minimum absolute atomic E-state index is 0.464. The highest BCUT2D eigenvalue weighted by molar-refractivity contribution is 4.75. The molecule has 86 valence electrons. The van der Waals surface area contributed by atoms with Crippen LogP contribution in [0.2, 0.25) is 0 Å². The van der Waals surface area contributed by atoms with E-state index in [9.17, 15) is 0 Å². The van der Waals surface area contributed by atoms with Gasteiger partial charge in [-0.25, -0.2) is 0 Å². The molecule has 0 fully saturated rings. The van der Waals surface area contributed by atoms with Gasteiger partial charge in [0.2, 0.25) is 0 Å². The van der Waals surface area contributed by atoms with E-state index in [1.807, 2.05) is 0 Å². The summed E-state index contributed by atoms with van der Waals surface area (Å²) >= 11 is 0. The fourth-order valence-electron chi connectivity index (χ4n) is 2.30. The van der Waals surface area contributed by atoms with E-state index in [0.717, 1.165) is 17.8 Å².